The van der Waals surface area contributed by atoms with Gasteiger partial charge in [0.15, 0.2) is 0 Å². The smallest absolute Gasteiger partial charge is 0.345 e. The summed E-state index contributed by atoms with van der Waals surface area (Å²) in [6, 6.07) is 1.61. The maximum Gasteiger partial charge on any atom is 0.345 e. The van der Waals surface area contributed by atoms with Gasteiger partial charge in [-0.25, -0.2) is 4.79 Å². The van der Waals surface area contributed by atoms with Gasteiger partial charge in [-0.05, 0) is 6.92 Å². The number of hydrogen-bond acceptors (Lipinski definition) is 5. The van der Waals surface area contributed by atoms with E-state index in [9.17, 15) is 9.90 Å². The first-order chi connectivity index (χ1) is 7.92. The first kappa shape index (κ1) is 11.7. The van der Waals surface area contributed by atoms with E-state index in [1.807, 2.05) is 0 Å². The summed E-state index contributed by atoms with van der Waals surface area (Å²) in [4.78, 5) is 11.7. The van der Waals surface area contributed by atoms with Crippen LogP contribution in [0.4, 0.5) is 0 Å². The number of aliphatic hydroxyl groups is 1. The highest BCUT2D eigenvalue weighted by Crippen LogP contribution is 2.44. The lowest BCUT2D eigenvalue weighted by Crippen LogP contribution is -2.21. The first-order valence-corrected chi connectivity index (χ1v) is 5.14. The Morgan fingerprint density at radius 2 is 1.88 bits per heavy atom. The molecule has 5 heteroatoms. The van der Waals surface area contributed by atoms with Gasteiger partial charge in [-0.15, -0.1) is 0 Å². The number of methoxy groups -OCH3 is 2. The highest BCUT2D eigenvalue weighted by molar-refractivity contribution is 5.98. The summed E-state index contributed by atoms with van der Waals surface area (Å²) < 4.78 is 15.2. The Kier molecular flexibility index (Phi) is 2.50. The van der Waals surface area contributed by atoms with Crippen molar-refractivity contribution < 1.29 is 24.1 Å². The van der Waals surface area contributed by atoms with Gasteiger partial charge in [0.25, 0.3) is 0 Å². The molecule has 92 valence electrons. The van der Waals surface area contributed by atoms with Crippen LogP contribution in [0, 0.1) is 6.92 Å². The number of hydrogen-bond donors (Lipinski definition) is 1. The molecule has 0 fully saturated rings. The Morgan fingerprint density at radius 3 is 2.41 bits per heavy atom. The molecule has 2 rings (SSSR count). The maximum absolute atomic E-state index is 11.7. The van der Waals surface area contributed by atoms with Gasteiger partial charge in [0, 0.05) is 24.1 Å². The first-order valence-electron chi connectivity index (χ1n) is 5.14. The Balaban J connectivity index is 2.80. The fourth-order valence-corrected chi connectivity index (χ4v) is 2.17. The van der Waals surface area contributed by atoms with Gasteiger partial charge < -0.3 is 19.3 Å². The third kappa shape index (κ3) is 1.54. The molecule has 5 nitrogen and oxygen atoms in total. The lowest BCUT2D eigenvalue weighted by atomic mass is 9.96. The topological polar surface area (TPSA) is 65.0 Å². The van der Waals surface area contributed by atoms with Crippen molar-refractivity contribution in [3.63, 3.8) is 0 Å². The minimum Gasteiger partial charge on any atom is -0.496 e. The zero-order valence-corrected chi connectivity index (χ0v) is 10.2. The van der Waals surface area contributed by atoms with Crippen LogP contribution >= 0.6 is 0 Å². The van der Waals surface area contributed by atoms with Gasteiger partial charge in [0.1, 0.15) is 17.1 Å². The van der Waals surface area contributed by atoms with Crippen LogP contribution in [0.5, 0.6) is 11.5 Å². The Labute approximate surface area is 98.9 Å². The molecular weight excluding hydrogens is 224 g/mol. The van der Waals surface area contributed by atoms with Crippen LogP contribution < -0.4 is 9.47 Å². The summed E-state index contributed by atoms with van der Waals surface area (Å²) >= 11 is 0. The third-order valence-corrected chi connectivity index (χ3v) is 2.90. The number of cyclic esters (lactones) is 1. The Morgan fingerprint density at radius 1 is 1.29 bits per heavy atom. The van der Waals surface area contributed by atoms with Gasteiger partial charge in [0.2, 0.25) is 5.79 Å². The number of carbonyl (C=O) groups excluding carboxylic acids is 1. The summed E-state index contributed by atoms with van der Waals surface area (Å²) in [5, 5.41) is 10.1. The fourth-order valence-electron chi connectivity index (χ4n) is 2.17. The van der Waals surface area contributed by atoms with E-state index in [-0.39, 0.29) is 5.56 Å². The molecule has 1 heterocycles. The van der Waals surface area contributed by atoms with Crippen molar-refractivity contribution in [3.05, 3.63) is 22.8 Å². The average Bonchev–Trinajstić information content (AvgIpc) is 2.50. The molecule has 0 aromatic heterocycles. The molecular formula is C12H14O5. The van der Waals surface area contributed by atoms with Crippen molar-refractivity contribution in [1.29, 1.82) is 0 Å². The normalized spacial score (nSPS) is 22.1. The van der Waals surface area contributed by atoms with E-state index >= 15 is 0 Å². The van der Waals surface area contributed by atoms with Gasteiger partial charge >= 0.3 is 5.97 Å². The molecule has 0 saturated carbocycles. The minimum atomic E-state index is -1.64. The second kappa shape index (κ2) is 3.63. The zero-order valence-electron chi connectivity index (χ0n) is 10.2. The minimum absolute atomic E-state index is 0.260. The Hall–Kier alpha value is -1.75. The summed E-state index contributed by atoms with van der Waals surface area (Å²) in [5.41, 5.74) is 1.33. The van der Waals surface area contributed by atoms with E-state index in [2.05, 4.69) is 0 Å². The number of fused-ring (bicyclic) bond motifs is 1. The molecule has 0 unspecified atom stereocenters. The second-order valence-electron chi connectivity index (χ2n) is 4.03. The Bertz CT molecular complexity index is 490. The van der Waals surface area contributed by atoms with Gasteiger partial charge in [-0.2, -0.15) is 0 Å². The van der Waals surface area contributed by atoms with Gasteiger partial charge in [-0.3, -0.25) is 0 Å². The number of benzene rings is 1. The molecule has 1 aliphatic heterocycles. The van der Waals surface area contributed by atoms with Crippen molar-refractivity contribution in [2.75, 3.05) is 14.2 Å². The van der Waals surface area contributed by atoms with Crippen LogP contribution in [0.2, 0.25) is 0 Å². The second-order valence-corrected chi connectivity index (χ2v) is 4.03. The molecule has 0 aliphatic carbocycles. The summed E-state index contributed by atoms with van der Waals surface area (Å²) in [5.74, 6) is -1.35. The predicted octanol–water partition coefficient (Wildman–Crippen LogP) is 1.35. The van der Waals surface area contributed by atoms with E-state index in [0.717, 1.165) is 0 Å². The quantitative estimate of drug-likeness (QED) is 0.788. The fraction of sp³-hybridized carbons (Fsp3) is 0.417. The highest BCUT2D eigenvalue weighted by atomic mass is 16.7. The average molecular weight is 238 g/mol. The summed E-state index contributed by atoms with van der Waals surface area (Å²) in [6.07, 6.45) is 0. The summed E-state index contributed by atoms with van der Waals surface area (Å²) in [6.45, 7) is 3.18. The standard InChI is InChI=1S/C12H14O5/c1-6-7(15-3)5-8(16-4)9-10(6)12(2,14)17-11(9)13/h5,14H,1-4H3/t12-/m1/s1. The molecule has 1 N–H and O–H groups in total. The lowest BCUT2D eigenvalue weighted by molar-refractivity contribution is -0.147. The van der Waals surface area contributed by atoms with E-state index in [0.29, 0.717) is 22.6 Å². The molecule has 17 heavy (non-hydrogen) atoms. The summed E-state index contributed by atoms with van der Waals surface area (Å²) in [7, 11) is 2.96. The number of ether oxygens (including phenoxy) is 3. The van der Waals surface area contributed by atoms with Crippen LogP contribution in [0.15, 0.2) is 6.07 Å². The lowest BCUT2D eigenvalue weighted by Gasteiger charge is -2.19. The van der Waals surface area contributed by atoms with Crippen molar-refractivity contribution in [2.45, 2.75) is 19.6 Å². The molecule has 1 aliphatic rings. The number of carbonyl (C=O) groups is 1. The number of esters is 1. The van der Waals surface area contributed by atoms with Crippen LogP contribution in [0.25, 0.3) is 0 Å². The van der Waals surface area contributed by atoms with Crippen LogP contribution in [0.1, 0.15) is 28.4 Å². The van der Waals surface area contributed by atoms with Crippen molar-refractivity contribution in [1.82, 2.24) is 0 Å². The van der Waals surface area contributed by atoms with Crippen molar-refractivity contribution in [2.24, 2.45) is 0 Å². The zero-order chi connectivity index (χ0) is 12.8. The van der Waals surface area contributed by atoms with Crippen molar-refractivity contribution >= 4 is 5.97 Å². The van der Waals surface area contributed by atoms with Crippen molar-refractivity contribution in [3.8, 4) is 11.5 Å². The van der Waals surface area contributed by atoms with E-state index in [1.54, 1.807) is 13.0 Å². The predicted molar refractivity (Wildman–Crippen MR) is 59.3 cm³/mol. The van der Waals surface area contributed by atoms with Crippen LogP contribution in [-0.2, 0) is 10.5 Å². The molecule has 0 spiro atoms. The largest absolute Gasteiger partial charge is 0.496 e. The third-order valence-electron chi connectivity index (χ3n) is 2.90. The van der Waals surface area contributed by atoms with E-state index in [1.165, 1.54) is 21.1 Å². The highest BCUT2D eigenvalue weighted by Gasteiger charge is 2.44. The molecule has 1 aromatic rings. The maximum atomic E-state index is 11.7. The van der Waals surface area contributed by atoms with Gasteiger partial charge in [0.05, 0.1) is 14.2 Å². The van der Waals surface area contributed by atoms with Crippen LogP contribution in [-0.4, -0.2) is 25.3 Å². The molecule has 0 saturated heterocycles. The monoisotopic (exact) mass is 238 g/mol. The molecule has 0 amide bonds. The van der Waals surface area contributed by atoms with Gasteiger partial charge in [-0.1, -0.05) is 0 Å². The molecule has 0 bridgehead atoms. The van der Waals surface area contributed by atoms with E-state index < -0.39 is 11.8 Å². The molecule has 1 atom stereocenters. The molecule has 0 radical (unpaired) electrons. The number of rotatable bonds is 2. The molecule has 1 aromatic carbocycles. The SMILES string of the molecule is COc1cc(OC)c2c(c1C)[C@](C)(O)OC2=O. The van der Waals surface area contributed by atoms with Crippen LogP contribution in [0.3, 0.4) is 0 Å². The van der Waals surface area contributed by atoms with E-state index in [4.69, 9.17) is 14.2 Å².